The standard InChI is InChI=1S/C17H26N4O.HI/c18-17(21-15-9-5-2-6-10-15)20-13-16(22)19-12-11-14-7-3-1-4-8-14;/h1,3-4,7-8,15H,2,5-6,9-13H2,(H,19,22)(H3,18,20,21);1H. The molecule has 1 fully saturated rings. The Hall–Kier alpha value is -1.31. The SMILES string of the molecule is I.NC(=NCC(=O)NCCc1ccccc1)NC1CCCCC1. The first kappa shape index (κ1) is 19.7. The van der Waals surface area contributed by atoms with Crippen LogP contribution >= 0.6 is 24.0 Å². The molecule has 6 heteroatoms. The van der Waals surface area contributed by atoms with Crippen molar-refractivity contribution in [2.75, 3.05) is 13.1 Å². The summed E-state index contributed by atoms with van der Waals surface area (Å²) in [5.41, 5.74) is 7.04. The maximum absolute atomic E-state index is 11.7. The summed E-state index contributed by atoms with van der Waals surface area (Å²) in [6.07, 6.45) is 6.89. The van der Waals surface area contributed by atoms with E-state index in [1.807, 2.05) is 18.2 Å². The molecule has 1 aromatic rings. The zero-order chi connectivity index (χ0) is 15.6. The Morgan fingerprint density at radius 3 is 2.57 bits per heavy atom. The van der Waals surface area contributed by atoms with Crippen LogP contribution in [0.4, 0.5) is 0 Å². The number of amides is 1. The van der Waals surface area contributed by atoms with Crippen LogP contribution in [-0.2, 0) is 11.2 Å². The molecule has 2 rings (SSSR count). The molecule has 0 unspecified atom stereocenters. The Morgan fingerprint density at radius 2 is 1.87 bits per heavy atom. The maximum atomic E-state index is 11.7. The molecular formula is C17H27IN4O. The minimum Gasteiger partial charge on any atom is -0.370 e. The van der Waals surface area contributed by atoms with Crippen molar-refractivity contribution >= 4 is 35.8 Å². The van der Waals surface area contributed by atoms with Crippen molar-refractivity contribution < 1.29 is 4.79 Å². The fourth-order valence-electron chi connectivity index (χ4n) is 2.71. The lowest BCUT2D eigenvalue weighted by atomic mass is 9.96. The van der Waals surface area contributed by atoms with Crippen LogP contribution in [0, 0.1) is 0 Å². The van der Waals surface area contributed by atoms with Gasteiger partial charge in [-0.05, 0) is 24.8 Å². The van der Waals surface area contributed by atoms with Crippen LogP contribution in [0.25, 0.3) is 0 Å². The summed E-state index contributed by atoms with van der Waals surface area (Å²) in [6.45, 7) is 0.703. The van der Waals surface area contributed by atoms with Crippen LogP contribution in [0.2, 0.25) is 0 Å². The summed E-state index contributed by atoms with van der Waals surface area (Å²) < 4.78 is 0. The summed E-state index contributed by atoms with van der Waals surface area (Å²) >= 11 is 0. The second kappa shape index (κ2) is 11.3. The van der Waals surface area contributed by atoms with Gasteiger partial charge in [0, 0.05) is 12.6 Å². The van der Waals surface area contributed by atoms with Crippen molar-refractivity contribution in [1.82, 2.24) is 10.6 Å². The number of hydrogen-bond acceptors (Lipinski definition) is 2. The van der Waals surface area contributed by atoms with Crippen molar-refractivity contribution in [3.63, 3.8) is 0 Å². The quantitative estimate of drug-likeness (QED) is 0.368. The first-order valence-corrected chi connectivity index (χ1v) is 8.11. The summed E-state index contributed by atoms with van der Waals surface area (Å²) in [6, 6.07) is 10.5. The summed E-state index contributed by atoms with van der Waals surface area (Å²) in [7, 11) is 0. The van der Waals surface area contributed by atoms with Gasteiger partial charge in [-0.3, -0.25) is 4.79 Å². The number of rotatable bonds is 6. The average molecular weight is 430 g/mol. The lowest BCUT2D eigenvalue weighted by molar-refractivity contribution is -0.119. The van der Waals surface area contributed by atoms with Gasteiger partial charge in [-0.1, -0.05) is 49.6 Å². The highest BCUT2D eigenvalue weighted by molar-refractivity contribution is 14.0. The van der Waals surface area contributed by atoms with E-state index in [1.54, 1.807) is 0 Å². The number of nitrogens with one attached hydrogen (secondary N) is 2. The number of carbonyl (C=O) groups is 1. The lowest BCUT2D eigenvalue weighted by Crippen LogP contribution is -2.41. The Labute approximate surface area is 155 Å². The fourth-order valence-corrected chi connectivity index (χ4v) is 2.71. The molecule has 0 heterocycles. The van der Waals surface area contributed by atoms with Gasteiger partial charge in [-0.25, -0.2) is 4.99 Å². The number of carbonyl (C=O) groups excluding carboxylic acids is 1. The molecule has 0 saturated heterocycles. The molecule has 1 aliphatic carbocycles. The van der Waals surface area contributed by atoms with Crippen molar-refractivity contribution in [1.29, 1.82) is 0 Å². The van der Waals surface area contributed by atoms with E-state index in [-0.39, 0.29) is 36.4 Å². The highest BCUT2D eigenvalue weighted by atomic mass is 127. The van der Waals surface area contributed by atoms with Gasteiger partial charge in [0.05, 0.1) is 0 Å². The molecule has 5 nitrogen and oxygen atoms in total. The molecule has 0 aromatic heterocycles. The molecule has 1 amide bonds. The van der Waals surface area contributed by atoms with Crippen molar-refractivity contribution in [2.24, 2.45) is 10.7 Å². The van der Waals surface area contributed by atoms with Gasteiger partial charge < -0.3 is 16.4 Å². The van der Waals surface area contributed by atoms with E-state index >= 15 is 0 Å². The number of halogens is 1. The maximum Gasteiger partial charge on any atom is 0.241 e. The topological polar surface area (TPSA) is 79.5 Å². The Kier molecular flexibility index (Phi) is 9.66. The summed E-state index contributed by atoms with van der Waals surface area (Å²) in [4.78, 5) is 15.8. The van der Waals surface area contributed by atoms with Gasteiger partial charge in [0.1, 0.15) is 6.54 Å². The highest BCUT2D eigenvalue weighted by Crippen LogP contribution is 2.16. The van der Waals surface area contributed by atoms with Crippen LogP contribution in [0.1, 0.15) is 37.7 Å². The van der Waals surface area contributed by atoms with Crippen molar-refractivity contribution in [3.05, 3.63) is 35.9 Å². The second-order valence-corrected chi connectivity index (χ2v) is 5.77. The molecule has 128 valence electrons. The van der Waals surface area contributed by atoms with E-state index in [1.165, 1.54) is 24.8 Å². The molecule has 0 spiro atoms. The third kappa shape index (κ3) is 8.20. The number of nitrogens with zero attached hydrogens (tertiary/aromatic N) is 1. The van der Waals surface area contributed by atoms with E-state index in [0.29, 0.717) is 18.5 Å². The van der Waals surface area contributed by atoms with Crippen LogP contribution in [0.3, 0.4) is 0 Å². The van der Waals surface area contributed by atoms with Crippen LogP contribution < -0.4 is 16.4 Å². The second-order valence-electron chi connectivity index (χ2n) is 5.77. The molecule has 0 radical (unpaired) electrons. The molecule has 4 N–H and O–H groups in total. The summed E-state index contributed by atoms with van der Waals surface area (Å²) in [5, 5.41) is 6.06. The van der Waals surface area contributed by atoms with Gasteiger partial charge in [0.25, 0.3) is 0 Å². The van der Waals surface area contributed by atoms with Crippen LogP contribution in [0.5, 0.6) is 0 Å². The smallest absolute Gasteiger partial charge is 0.241 e. The predicted molar refractivity (Wildman–Crippen MR) is 105 cm³/mol. The molecule has 0 bridgehead atoms. The first-order chi connectivity index (χ1) is 10.7. The van der Waals surface area contributed by atoms with Crippen LogP contribution in [-0.4, -0.2) is 31.0 Å². The summed E-state index contributed by atoms with van der Waals surface area (Å²) in [5.74, 6) is 0.287. The van der Waals surface area contributed by atoms with E-state index in [9.17, 15) is 4.79 Å². The van der Waals surface area contributed by atoms with Gasteiger partial charge in [0.15, 0.2) is 5.96 Å². The van der Waals surface area contributed by atoms with Gasteiger partial charge in [-0.15, -0.1) is 24.0 Å². The Morgan fingerprint density at radius 1 is 1.17 bits per heavy atom. The monoisotopic (exact) mass is 430 g/mol. The largest absolute Gasteiger partial charge is 0.370 e. The molecule has 1 aliphatic rings. The molecule has 0 atom stereocenters. The number of guanidine groups is 1. The molecule has 1 aromatic carbocycles. The van der Waals surface area contributed by atoms with E-state index < -0.39 is 0 Å². The highest BCUT2D eigenvalue weighted by Gasteiger charge is 2.13. The van der Waals surface area contributed by atoms with E-state index in [0.717, 1.165) is 19.3 Å². The average Bonchev–Trinajstić information content (AvgIpc) is 2.55. The number of hydrogen-bond donors (Lipinski definition) is 3. The Bertz CT molecular complexity index is 487. The minimum absolute atomic E-state index is 0. The predicted octanol–water partition coefficient (Wildman–Crippen LogP) is 2.20. The van der Waals surface area contributed by atoms with E-state index in [2.05, 4.69) is 27.8 Å². The normalized spacial score (nSPS) is 15.6. The fraction of sp³-hybridized carbons (Fsp3) is 0.529. The molecule has 0 aliphatic heterocycles. The minimum atomic E-state index is -0.0932. The third-order valence-electron chi connectivity index (χ3n) is 3.93. The van der Waals surface area contributed by atoms with Gasteiger partial charge in [-0.2, -0.15) is 0 Å². The van der Waals surface area contributed by atoms with Gasteiger partial charge >= 0.3 is 0 Å². The lowest BCUT2D eigenvalue weighted by Gasteiger charge is -2.23. The van der Waals surface area contributed by atoms with Crippen molar-refractivity contribution in [2.45, 2.75) is 44.6 Å². The molecule has 1 saturated carbocycles. The molecule has 23 heavy (non-hydrogen) atoms. The molecular weight excluding hydrogens is 403 g/mol. The third-order valence-corrected chi connectivity index (χ3v) is 3.93. The zero-order valence-corrected chi connectivity index (χ0v) is 15.8. The van der Waals surface area contributed by atoms with E-state index in [4.69, 9.17) is 5.73 Å². The number of benzene rings is 1. The number of aliphatic imine (C=N–C) groups is 1. The van der Waals surface area contributed by atoms with Crippen molar-refractivity contribution in [3.8, 4) is 0 Å². The van der Waals surface area contributed by atoms with Gasteiger partial charge in [0.2, 0.25) is 5.91 Å². The van der Waals surface area contributed by atoms with Crippen LogP contribution in [0.15, 0.2) is 35.3 Å². The number of nitrogens with two attached hydrogens (primary N) is 1. The zero-order valence-electron chi connectivity index (χ0n) is 13.5. The Balaban J connectivity index is 0.00000264. The first-order valence-electron chi connectivity index (χ1n) is 8.11.